The highest BCUT2D eigenvalue weighted by molar-refractivity contribution is 5.09. The lowest BCUT2D eigenvalue weighted by Crippen LogP contribution is -2.23. The van der Waals surface area contributed by atoms with Gasteiger partial charge >= 0.3 is 0 Å². The summed E-state index contributed by atoms with van der Waals surface area (Å²) >= 11 is 0. The molecule has 0 aromatic rings. The van der Waals surface area contributed by atoms with Crippen molar-refractivity contribution in [3.05, 3.63) is 0 Å². The van der Waals surface area contributed by atoms with Gasteiger partial charge in [0.05, 0.1) is 0 Å². The third-order valence-corrected chi connectivity index (χ3v) is 1.24. The first-order valence-corrected chi connectivity index (χ1v) is 3.84. The quantitative estimate of drug-likeness (QED) is 0.627. The minimum absolute atomic E-state index is 0.389. The van der Waals surface area contributed by atoms with E-state index in [1.54, 1.807) is 6.92 Å². The van der Waals surface area contributed by atoms with Crippen LogP contribution >= 0.6 is 0 Å². The number of hydrogen-bond donors (Lipinski definition) is 1. The third-order valence-electron chi connectivity index (χ3n) is 1.24. The molecule has 1 N–H and O–H groups in total. The van der Waals surface area contributed by atoms with Crippen LogP contribution in [0.2, 0.25) is 0 Å². The van der Waals surface area contributed by atoms with E-state index in [-0.39, 0.29) is 0 Å². The molecule has 2 nitrogen and oxygen atoms in total. The topological polar surface area (TPSA) is 29.5 Å². The summed E-state index contributed by atoms with van der Waals surface area (Å²) in [5.74, 6) is 2.92. The maximum atomic E-state index is 9.59. The Morgan fingerprint density at radius 1 is 1.58 bits per heavy atom. The van der Waals surface area contributed by atoms with E-state index in [1.165, 1.54) is 0 Å². The van der Waals surface area contributed by atoms with Gasteiger partial charge in [0.25, 0.3) is 0 Å². The molecule has 1 unspecified atom stereocenters. The van der Waals surface area contributed by atoms with Gasteiger partial charge in [-0.3, -0.25) is 0 Å². The molecule has 0 rings (SSSR count). The summed E-state index contributed by atoms with van der Waals surface area (Å²) in [6, 6.07) is 0. The van der Waals surface area contributed by atoms with Crippen molar-refractivity contribution in [1.29, 1.82) is 0 Å². The minimum atomic E-state index is -1.01. The Balaban J connectivity index is 4.07. The summed E-state index contributed by atoms with van der Waals surface area (Å²) in [4.78, 5) is 0. The molecule has 0 aromatic heterocycles. The van der Waals surface area contributed by atoms with Gasteiger partial charge in [0.2, 0.25) is 0 Å². The summed E-state index contributed by atoms with van der Waals surface area (Å²) in [5, 5.41) is 9.59. The van der Waals surface area contributed by atoms with E-state index in [9.17, 15) is 5.11 Å². The van der Waals surface area contributed by atoms with Crippen molar-refractivity contribution in [3.63, 3.8) is 0 Å². The Kier molecular flexibility index (Phi) is 4.26. The Hall–Kier alpha value is -1.12. The third kappa shape index (κ3) is 5.65. The van der Waals surface area contributed by atoms with Gasteiger partial charge in [-0.1, -0.05) is 20.3 Å². The summed E-state index contributed by atoms with van der Waals surface area (Å²) in [6.07, 6.45) is 9.56. The second-order valence-corrected chi connectivity index (χ2v) is 3.32. The molecular weight excluding hydrogens is 152 g/mol. The molecule has 0 aliphatic carbocycles. The lowest BCUT2D eigenvalue weighted by molar-refractivity contribution is 0.0968. The molecule has 0 fully saturated rings. The zero-order chi connectivity index (χ0) is 9.61. The van der Waals surface area contributed by atoms with Gasteiger partial charge < -0.3 is 9.84 Å². The van der Waals surface area contributed by atoms with E-state index in [2.05, 4.69) is 16.8 Å². The normalized spacial score (nSPS) is 14.0. The molecule has 66 valence electrons. The highest BCUT2D eigenvalue weighted by Gasteiger charge is 2.18. The maximum absolute atomic E-state index is 9.59. The van der Waals surface area contributed by atoms with Crippen molar-refractivity contribution in [1.82, 2.24) is 0 Å². The summed E-state index contributed by atoms with van der Waals surface area (Å²) in [6.45, 7) is 5.66. The van der Waals surface area contributed by atoms with Gasteiger partial charge in [-0.2, -0.15) is 0 Å². The van der Waals surface area contributed by atoms with Crippen LogP contribution in [0.5, 0.6) is 0 Å². The number of rotatable bonds is 2. The Morgan fingerprint density at radius 3 is 2.58 bits per heavy atom. The summed E-state index contributed by atoms with van der Waals surface area (Å²) in [7, 11) is 0. The van der Waals surface area contributed by atoms with Gasteiger partial charge in [-0.05, 0) is 25.2 Å². The monoisotopic (exact) mass is 166 g/mol. The molecule has 0 saturated heterocycles. The summed E-state index contributed by atoms with van der Waals surface area (Å²) < 4.78 is 4.36. The van der Waals surface area contributed by atoms with Crippen molar-refractivity contribution in [2.45, 2.75) is 32.8 Å². The van der Waals surface area contributed by atoms with Crippen molar-refractivity contribution in [2.24, 2.45) is 5.92 Å². The predicted molar refractivity (Wildman–Crippen MR) is 47.8 cm³/mol. The van der Waals surface area contributed by atoms with Crippen molar-refractivity contribution in [3.8, 4) is 24.6 Å². The number of ether oxygens (including phenoxy) is 1. The zero-order valence-corrected chi connectivity index (χ0v) is 7.72. The predicted octanol–water partition coefficient (Wildman–Crippen LogP) is 1.35. The molecular formula is C10H14O2. The zero-order valence-electron chi connectivity index (χ0n) is 7.72. The van der Waals surface area contributed by atoms with Crippen LogP contribution < -0.4 is 0 Å². The van der Waals surface area contributed by atoms with Crippen molar-refractivity contribution < 1.29 is 9.84 Å². The van der Waals surface area contributed by atoms with E-state index in [0.717, 1.165) is 0 Å². The fraction of sp³-hybridized carbons (Fsp3) is 0.600. The van der Waals surface area contributed by atoms with Gasteiger partial charge in [0, 0.05) is 0 Å². The van der Waals surface area contributed by atoms with Gasteiger partial charge in [-0.25, -0.2) is 0 Å². The molecule has 0 spiro atoms. The molecule has 12 heavy (non-hydrogen) atoms. The molecule has 0 saturated carbocycles. The first kappa shape index (κ1) is 10.9. The molecule has 0 aliphatic rings. The summed E-state index contributed by atoms with van der Waals surface area (Å²) in [5.41, 5.74) is -1.01. The fourth-order valence-corrected chi connectivity index (χ4v) is 1.01. The molecule has 0 aromatic carbocycles. The van der Waals surface area contributed by atoms with E-state index in [1.807, 2.05) is 20.0 Å². The van der Waals surface area contributed by atoms with Crippen molar-refractivity contribution >= 4 is 0 Å². The first-order chi connectivity index (χ1) is 5.48. The van der Waals surface area contributed by atoms with Crippen LogP contribution in [0, 0.1) is 30.5 Å². The number of hydrogen-bond acceptors (Lipinski definition) is 2. The van der Waals surface area contributed by atoms with Crippen molar-refractivity contribution in [2.75, 3.05) is 0 Å². The fourth-order valence-electron chi connectivity index (χ4n) is 1.01. The molecule has 1 atom stereocenters. The molecule has 0 radical (unpaired) electrons. The smallest absolute Gasteiger partial charge is 0.132 e. The Bertz CT molecular complexity index is 222. The van der Waals surface area contributed by atoms with Crippen LogP contribution in [0.3, 0.4) is 0 Å². The van der Waals surface area contributed by atoms with Crippen LogP contribution in [0.1, 0.15) is 27.2 Å². The lowest BCUT2D eigenvalue weighted by Gasteiger charge is -2.17. The molecule has 0 amide bonds. The molecule has 0 aliphatic heterocycles. The number of terminal acetylenes is 1. The highest BCUT2D eigenvalue weighted by Crippen LogP contribution is 2.14. The Labute approximate surface area is 73.9 Å². The van der Waals surface area contributed by atoms with Crippen LogP contribution in [0.15, 0.2) is 0 Å². The highest BCUT2D eigenvalue weighted by atomic mass is 16.5. The first-order valence-electron chi connectivity index (χ1n) is 3.84. The SMILES string of the molecule is C#COC#CC(C)(O)CC(C)C. The Morgan fingerprint density at radius 2 is 2.17 bits per heavy atom. The van der Waals surface area contributed by atoms with E-state index in [0.29, 0.717) is 12.3 Å². The lowest BCUT2D eigenvalue weighted by atomic mass is 9.95. The second kappa shape index (κ2) is 4.70. The second-order valence-electron chi connectivity index (χ2n) is 3.32. The average molecular weight is 166 g/mol. The largest absolute Gasteiger partial charge is 0.378 e. The molecule has 0 bridgehead atoms. The van der Waals surface area contributed by atoms with Gasteiger partial charge in [-0.15, -0.1) is 0 Å². The molecule has 2 heteroatoms. The standard InChI is InChI=1S/C10H14O2/c1-5-12-7-6-10(4,11)8-9(2)3/h1,9,11H,8H2,2-4H3. The van der Waals surface area contributed by atoms with Gasteiger partial charge in [0.1, 0.15) is 17.8 Å². The average Bonchev–Trinajstić information content (AvgIpc) is 1.84. The van der Waals surface area contributed by atoms with Crippen LogP contribution in [-0.4, -0.2) is 10.7 Å². The molecule has 0 heterocycles. The van der Waals surface area contributed by atoms with Gasteiger partial charge in [0.15, 0.2) is 0 Å². The van der Waals surface area contributed by atoms with Crippen LogP contribution in [0.4, 0.5) is 0 Å². The van der Waals surface area contributed by atoms with Crippen LogP contribution in [0.25, 0.3) is 0 Å². The van der Waals surface area contributed by atoms with Crippen LogP contribution in [-0.2, 0) is 4.74 Å². The maximum Gasteiger partial charge on any atom is 0.132 e. The van der Waals surface area contributed by atoms with E-state index < -0.39 is 5.60 Å². The van der Waals surface area contributed by atoms with E-state index >= 15 is 0 Å². The minimum Gasteiger partial charge on any atom is -0.378 e. The van der Waals surface area contributed by atoms with E-state index in [4.69, 9.17) is 6.42 Å². The number of aliphatic hydroxyl groups is 1.